The molecule has 2 aliphatic rings. The number of piperidine rings is 1. The second-order valence-corrected chi connectivity index (χ2v) is 8.91. The summed E-state index contributed by atoms with van der Waals surface area (Å²) in [6.45, 7) is 1.85. The lowest BCUT2D eigenvalue weighted by molar-refractivity contribution is -0.125. The Kier molecular flexibility index (Phi) is 6.61. The van der Waals surface area contributed by atoms with E-state index in [1.54, 1.807) is 7.05 Å². The van der Waals surface area contributed by atoms with Crippen molar-refractivity contribution in [1.29, 1.82) is 0 Å². The fourth-order valence-electron chi connectivity index (χ4n) is 4.30. The Morgan fingerprint density at radius 1 is 1.00 bits per heavy atom. The molecule has 2 heterocycles. The number of thioether (sulfide) groups is 1. The molecule has 0 radical (unpaired) electrons. The highest BCUT2D eigenvalue weighted by atomic mass is 32.2. The van der Waals surface area contributed by atoms with Gasteiger partial charge in [-0.3, -0.25) is 14.4 Å². The van der Waals surface area contributed by atoms with Gasteiger partial charge < -0.3 is 15.1 Å². The molecular formula is C24H27N3O3S. The van der Waals surface area contributed by atoms with Gasteiger partial charge in [-0.2, -0.15) is 0 Å². The highest BCUT2D eigenvalue weighted by Gasteiger charge is 2.29. The average molecular weight is 438 g/mol. The highest BCUT2D eigenvalue weighted by molar-refractivity contribution is 8.00. The summed E-state index contributed by atoms with van der Waals surface area (Å²) in [5.41, 5.74) is 2.83. The van der Waals surface area contributed by atoms with Crippen molar-refractivity contribution in [2.24, 2.45) is 5.92 Å². The number of hydrogen-bond donors (Lipinski definition) is 1. The van der Waals surface area contributed by atoms with E-state index in [0.717, 1.165) is 17.0 Å². The second kappa shape index (κ2) is 9.56. The molecule has 2 aliphatic heterocycles. The predicted molar refractivity (Wildman–Crippen MR) is 122 cm³/mol. The van der Waals surface area contributed by atoms with Crippen LogP contribution in [0.25, 0.3) is 0 Å². The van der Waals surface area contributed by atoms with Gasteiger partial charge in [0, 0.05) is 43.2 Å². The first-order chi connectivity index (χ1) is 15.1. The normalized spacial score (nSPS) is 16.2. The number of hydrogen-bond acceptors (Lipinski definition) is 4. The number of carbonyl (C=O) groups excluding carboxylic acids is 3. The summed E-state index contributed by atoms with van der Waals surface area (Å²) < 4.78 is 0. The zero-order valence-electron chi connectivity index (χ0n) is 17.7. The fourth-order valence-corrected chi connectivity index (χ4v) is 5.22. The van der Waals surface area contributed by atoms with Crippen LogP contribution in [0, 0.1) is 5.92 Å². The number of nitrogens with zero attached hydrogens (tertiary/aromatic N) is 2. The zero-order chi connectivity index (χ0) is 21.8. The number of nitrogens with one attached hydrogen (secondary N) is 1. The molecule has 162 valence electrons. The van der Waals surface area contributed by atoms with E-state index in [1.165, 1.54) is 17.3 Å². The third kappa shape index (κ3) is 4.61. The van der Waals surface area contributed by atoms with Crippen molar-refractivity contribution >= 4 is 35.2 Å². The highest BCUT2D eigenvalue weighted by Crippen LogP contribution is 2.30. The van der Waals surface area contributed by atoms with Gasteiger partial charge in [0.2, 0.25) is 11.8 Å². The Morgan fingerprint density at radius 3 is 2.48 bits per heavy atom. The number of benzene rings is 2. The van der Waals surface area contributed by atoms with Crippen LogP contribution in [-0.4, -0.2) is 55.1 Å². The molecule has 2 aromatic carbocycles. The monoisotopic (exact) mass is 437 g/mol. The first-order valence-electron chi connectivity index (χ1n) is 10.7. The molecule has 1 fully saturated rings. The van der Waals surface area contributed by atoms with Crippen molar-refractivity contribution in [3.05, 3.63) is 59.7 Å². The molecule has 0 atom stereocenters. The van der Waals surface area contributed by atoms with Gasteiger partial charge in [0.1, 0.15) is 0 Å². The summed E-state index contributed by atoms with van der Waals surface area (Å²) in [5.74, 6) is 0.336. The number of fused-ring (bicyclic) bond motifs is 1. The minimum Gasteiger partial charge on any atom is -0.359 e. The molecule has 1 N–H and O–H groups in total. The van der Waals surface area contributed by atoms with Crippen molar-refractivity contribution < 1.29 is 14.4 Å². The number of likely N-dealkylation sites (tertiary alicyclic amines) is 1. The molecule has 2 aromatic rings. The lowest BCUT2D eigenvalue weighted by Crippen LogP contribution is -2.42. The van der Waals surface area contributed by atoms with E-state index in [1.807, 2.05) is 52.3 Å². The molecule has 7 heteroatoms. The quantitative estimate of drug-likeness (QED) is 0.731. The smallest absolute Gasteiger partial charge is 0.254 e. The van der Waals surface area contributed by atoms with Gasteiger partial charge in [-0.15, -0.1) is 11.8 Å². The number of amides is 3. The first kappa shape index (κ1) is 21.4. The molecule has 1 saturated heterocycles. The van der Waals surface area contributed by atoms with Crippen LogP contribution in [0.2, 0.25) is 0 Å². The van der Waals surface area contributed by atoms with E-state index in [2.05, 4.69) is 11.4 Å². The van der Waals surface area contributed by atoms with Crippen LogP contribution in [0.4, 0.5) is 5.69 Å². The third-order valence-corrected chi connectivity index (χ3v) is 7.11. The van der Waals surface area contributed by atoms with Crippen LogP contribution in [0.15, 0.2) is 53.4 Å². The average Bonchev–Trinajstić information content (AvgIpc) is 3.26. The van der Waals surface area contributed by atoms with E-state index >= 15 is 0 Å². The maximum Gasteiger partial charge on any atom is 0.254 e. The summed E-state index contributed by atoms with van der Waals surface area (Å²) in [6.07, 6.45) is 2.23. The van der Waals surface area contributed by atoms with Crippen LogP contribution < -0.4 is 10.2 Å². The van der Waals surface area contributed by atoms with Gasteiger partial charge in [-0.05, 0) is 43.0 Å². The van der Waals surface area contributed by atoms with Crippen molar-refractivity contribution in [2.75, 3.05) is 37.3 Å². The Labute approximate surface area is 187 Å². The second-order valence-electron chi connectivity index (χ2n) is 7.89. The van der Waals surface area contributed by atoms with Crippen molar-refractivity contribution in [3.8, 4) is 0 Å². The summed E-state index contributed by atoms with van der Waals surface area (Å²) in [7, 11) is 1.65. The fraction of sp³-hybridized carbons (Fsp3) is 0.375. The number of carbonyl (C=O) groups is 3. The molecule has 4 rings (SSSR count). The lowest BCUT2D eigenvalue weighted by Gasteiger charge is -2.31. The van der Waals surface area contributed by atoms with Crippen LogP contribution in [0.5, 0.6) is 0 Å². The molecule has 0 bridgehead atoms. The molecule has 0 aliphatic carbocycles. The maximum atomic E-state index is 13.1. The predicted octanol–water partition coefficient (Wildman–Crippen LogP) is 2.97. The number of anilines is 1. The van der Waals surface area contributed by atoms with E-state index < -0.39 is 0 Å². The Hall–Kier alpha value is -2.80. The van der Waals surface area contributed by atoms with Gasteiger partial charge in [0.15, 0.2) is 0 Å². The van der Waals surface area contributed by atoms with E-state index in [9.17, 15) is 14.4 Å². The van der Waals surface area contributed by atoms with Crippen LogP contribution in [0.3, 0.4) is 0 Å². The number of para-hydroxylation sites is 1. The largest absolute Gasteiger partial charge is 0.359 e. The van der Waals surface area contributed by atoms with Gasteiger partial charge in [-0.25, -0.2) is 0 Å². The molecule has 0 aromatic heterocycles. The van der Waals surface area contributed by atoms with Gasteiger partial charge >= 0.3 is 0 Å². The standard InChI is InChI=1S/C24H27N3O3S/c1-25-23(29)18-10-13-26(14-11-18)24(30)19-7-3-5-9-21(19)31-16-22(28)27-15-12-17-6-2-4-8-20(17)27/h2-9,18H,10-16H2,1H3,(H,25,29). The third-order valence-electron chi connectivity index (χ3n) is 6.06. The summed E-state index contributed by atoms with van der Waals surface area (Å²) in [4.78, 5) is 42.3. The minimum absolute atomic E-state index is 0.0281. The van der Waals surface area contributed by atoms with Gasteiger partial charge in [0.25, 0.3) is 5.91 Å². The van der Waals surface area contributed by atoms with Gasteiger partial charge in [0.05, 0.1) is 11.3 Å². The molecule has 0 saturated carbocycles. The van der Waals surface area contributed by atoms with E-state index in [0.29, 0.717) is 38.0 Å². The minimum atomic E-state index is -0.0302. The van der Waals surface area contributed by atoms with Crippen molar-refractivity contribution in [1.82, 2.24) is 10.2 Å². The Morgan fingerprint density at radius 2 is 1.71 bits per heavy atom. The summed E-state index contributed by atoms with van der Waals surface area (Å²) >= 11 is 1.42. The lowest BCUT2D eigenvalue weighted by atomic mass is 9.95. The molecule has 31 heavy (non-hydrogen) atoms. The van der Waals surface area contributed by atoms with Crippen LogP contribution in [-0.2, 0) is 16.0 Å². The van der Waals surface area contributed by atoms with E-state index in [4.69, 9.17) is 0 Å². The Balaban J connectivity index is 1.39. The Bertz CT molecular complexity index is 986. The number of rotatable bonds is 5. The molecule has 0 spiro atoms. The molecule has 3 amide bonds. The van der Waals surface area contributed by atoms with Crippen LogP contribution >= 0.6 is 11.8 Å². The van der Waals surface area contributed by atoms with Crippen LogP contribution in [0.1, 0.15) is 28.8 Å². The maximum absolute atomic E-state index is 13.1. The molecule has 0 unspecified atom stereocenters. The van der Waals surface area contributed by atoms with E-state index in [-0.39, 0.29) is 29.4 Å². The summed E-state index contributed by atoms with van der Waals surface area (Å²) in [6, 6.07) is 15.5. The summed E-state index contributed by atoms with van der Waals surface area (Å²) in [5, 5.41) is 2.69. The topological polar surface area (TPSA) is 69.7 Å². The SMILES string of the molecule is CNC(=O)C1CCN(C(=O)c2ccccc2SCC(=O)N2CCc3ccccc32)CC1. The van der Waals surface area contributed by atoms with Crippen molar-refractivity contribution in [3.63, 3.8) is 0 Å². The zero-order valence-corrected chi connectivity index (χ0v) is 18.5. The first-order valence-corrected chi connectivity index (χ1v) is 11.7. The van der Waals surface area contributed by atoms with Gasteiger partial charge in [-0.1, -0.05) is 30.3 Å². The van der Waals surface area contributed by atoms with Crippen molar-refractivity contribution in [2.45, 2.75) is 24.2 Å². The molecular weight excluding hydrogens is 410 g/mol. The molecule has 6 nitrogen and oxygen atoms in total.